The van der Waals surface area contributed by atoms with E-state index < -0.39 is 0 Å². The van der Waals surface area contributed by atoms with Gasteiger partial charge in [-0.1, -0.05) is 121 Å². The van der Waals surface area contributed by atoms with Gasteiger partial charge >= 0.3 is 0 Å². The fourth-order valence-electron chi connectivity index (χ4n) is 8.79. The zero-order valence-electron chi connectivity index (χ0n) is 29.0. The zero-order valence-corrected chi connectivity index (χ0v) is 29.0. The van der Waals surface area contributed by atoms with E-state index in [4.69, 9.17) is 0 Å². The maximum Gasteiger partial charge on any atom is 0.0533 e. The first-order valence-corrected chi connectivity index (χ1v) is 18.1. The second-order valence-corrected chi connectivity index (χ2v) is 13.3. The fourth-order valence-corrected chi connectivity index (χ4v) is 8.79. The normalized spacial score (nSPS) is 11.9. The lowest BCUT2D eigenvalue weighted by molar-refractivity contribution is 0.792. The van der Waals surface area contributed by atoms with E-state index in [2.05, 4.69) is 186 Å². The average Bonchev–Trinajstić information content (AvgIpc) is 3.81. The Hall–Kier alpha value is -5.80. The van der Waals surface area contributed by atoms with Gasteiger partial charge in [0.25, 0.3) is 0 Å². The molecule has 0 saturated carbocycles. The van der Waals surface area contributed by atoms with Gasteiger partial charge in [0.1, 0.15) is 0 Å². The van der Waals surface area contributed by atoms with Crippen LogP contribution in [0, 0.1) is 0 Å². The Balaban J connectivity index is 1.49. The van der Waals surface area contributed by atoms with Gasteiger partial charge in [0, 0.05) is 69.2 Å². The summed E-state index contributed by atoms with van der Waals surface area (Å²) in [6, 6.07) is 56.4. The predicted molar refractivity (Wildman–Crippen MR) is 212 cm³/mol. The molecule has 3 aromatic heterocycles. The highest BCUT2D eigenvalue weighted by molar-refractivity contribution is 6.09. The number of aromatic nitrogens is 3. The van der Waals surface area contributed by atoms with Crippen LogP contribution in [0.15, 0.2) is 152 Å². The van der Waals surface area contributed by atoms with Crippen LogP contribution in [0.1, 0.15) is 43.4 Å². The summed E-state index contributed by atoms with van der Waals surface area (Å²) >= 11 is 0. The van der Waals surface area contributed by atoms with Gasteiger partial charge in [0.05, 0.1) is 11.4 Å². The largest absolute Gasteiger partial charge is 0.341 e. The molecule has 0 atom stereocenters. The molecule has 0 aliphatic carbocycles. The number of aryl methyl sites for hydroxylation is 3. The minimum atomic E-state index is -0.0519. The number of benzene rings is 6. The molecule has 0 bridgehead atoms. The van der Waals surface area contributed by atoms with Crippen molar-refractivity contribution in [2.75, 3.05) is 0 Å². The maximum absolute atomic E-state index is 2.54. The van der Waals surface area contributed by atoms with E-state index in [0.717, 1.165) is 19.6 Å². The van der Waals surface area contributed by atoms with Crippen molar-refractivity contribution in [3.63, 3.8) is 0 Å². The van der Waals surface area contributed by atoms with Crippen LogP contribution in [0.25, 0.3) is 66.1 Å². The number of fused-ring (bicyclic) bond motifs is 5. The summed E-state index contributed by atoms with van der Waals surface area (Å²) in [5.74, 6) is -0.0519. The number of rotatable bonds is 8. The van der Waals surface area contributed by atoms with Crippen LogP contribution in [0.3, 0.4) is 0 Å². The number of hydrogen-bond acceptors (Lipinski definition) is 0. The summed E-state index contributed by atoms with van der Waals surface area (Å²) in [7, 11) is 0. The van der Waals surface area contributed by atoms with Gasteiger partial charge in [-0.2, -0.15) is 0 Å². The van der Waals surface area contributed by atoms with Crippen molar-refractivity contribution in [2.24, 2.45) is 0 Å². The van der Waals surface area contributed by atoms with Crippen molar-refractivity contribution >= 4 is 43.6 Å². The predicted octanol–water partition coefficient (Wildman–Crippen LogP) is 12.3. The lowest BCUT2D eigenvalue weighted by atomic mass is 9.80. The minimum absolute atomic E-state index is 0.0519. The van der Waals surface area contributed by atoms with E-state index >= 15 is 0 Å². The Kier molecular flexibility index (Phi) is 7.43. The van der Waals surface area contributed by atoms with Crippen molar-refractivity contribution < 1.29 is 0 Å². The molecule has 50 heavy (non-hydrogen) atoms. The third kappa shape index (κ3) is 4.50. The molecule has 244 valence electrons. The van der Waals surface area contributed by atoms with Gasteiger partial charge in [-0.15, -0.1) is 0 Å². The van der Waals surface area contributed by atoms with Crippen molar-refractivity contribution in [3.8, 4) is 22.5 Å². The van der Waals surface area contributed by atoms with Crippen molar-refractivity contribution in [2.45, 2.75) is 46.3 Å². The smallest absolute Gasteiger partial charge is 0.0533 e. The van der Waals surface area contributed by atoms with Gasteiger partial charge in [-0.3, -0.25) is 0 Å². The summed E-state index contributed by atoms with van der Waals surface area (Å²) in [4.78, 5) is 0. The first kappa shape index (κ1) is 30.3. The molecule has 0 spiro atoms. The molecule has 9 rings (SSSR count). The summed E-state index contributed by atoms with van der Waals surface area (Å²) in [6.45, 7) is 9.49. The molecule has 0 aliphatic heterocycles. The van der Waals surface area contributed by atoms with Crippen LogP contribution in [-0.4, -0.2) is 13.7 Å². The second-order valence-electron chi connectivity index (χ2n) is 13.3. The number of para-hydroxylation sites is 3. The van der Waals surface area contributed by atoms with E-state index in [-0.39, 0.29) is 5.92 Å². The zero-order chi connectivity index (χ0) is 33.8. The van der Waals surface area contributed by atoms with Gasteiger partial charge in [0.15, 0.2) is 0 Å². The molecule has 0 unspecified atom stereocenters. The molecule has 3 nitrogen and oxygen atoms in total. The maximum atomic E-state index is 2.54. The van der Waals surface area contributed by atoms with Crippen LogP contribution < -0.4 is 0 Å². The van der Waals surface area contributed by atoms with Gasteiger partial charge < -0.3 is 13.7 Å². The lowest BCUT2D eigenvalue weighted by Crippen LogP contribution is -2.09. The minimum Gasteiger partial charge on any atom is -0.341 e. The summed E-state index contributed by atoms with van der Waals surface area (Å²) in [5.41, 5.74) is 14.2. The van der Waals surface area contributed by atoms with E-state index in [9.17, 15) is 0 Å². The summed E-state index contributed by atoms with van der Waals surface area (Å²) in [6.07, 6.45) is 0. The van der Waals surface area contributed by atoms with Crippen LogP contribution in [0.4, 0.5) is 0 Å². The Labute approximate surface area is 293 Å². The van der Waals surface area contributed by atoms with Gasteiger partial charge in [-0.05, 0) is 78.9 Å². The van der Waals surface area contributed by atoms with E-state index in [1.807, 2.05) is 0 Å². The Bertz CT molecular complexity index is 2530. The van der Waals surface area contributed by atoms with Gasteiger partial charge in [-0.25, -0.2) is 0 Å². The van der Waals surface area contributed by atoms with Crippen LogP contribution in [0.5, 0.6) is 0 Å². The van der Waals surface area contributed by atoms with Crippen LogP contribution >= 0.6 is 0 Å². The summed E-state index contributed by atoms with van der Waals surface area (Å²) in [5, 5.41) is 5.23. The standard InChI is InChI=1S/C47H41N3/c1-4-48-39-26-16-13-23-35(39)38-31-34(29-30-42(38)48)43(44-36-24-14-17-27-40(36)49(5-2)46(44)32-19-9-7-10-20-32)45-37-25-15-18-28-41(37)50(6-3)47(45)33-21-11-8-12-22-33/h7-31,43H,4-6H2,1-3H3. The molecule has 0 aliphatic rings. The van der Waals surface area contributed by atoms with E-state index in [1.54, 1.807) is 0 Å². The molecular formula is C47H41N3. The van der Waals surface area contributed by atoms with Gasteiger partial charge in [0.2, 0.25) is 0 Å². The number of nitrogens with zero attached hydrogens (tertiary/aromatic N) is 3. The first-order valence-electron chi connectivity index (χ1n) is 18.1. The number of hydrogen-bond donors (Lipinski definition) is 0. The second kappa shape index (κ2) is 12.3. The SMILES string of the molecule is CCn1c(-c2ccccc2)c(C(c2ccc3c(c2)c2ccccc2n3CC)c2c(-c3ccccc3)n(CC)c3ccccc23)c2ccccc21. The monoisotopic (exact) mass is 647 g/mol. The molecule has 0 amide bonds. The van der Waals surface area contributed by atoms with Crippen LogP contribution in [-0.2, 0) is 19.6 Å². The Morgan fingerprint density at radius 3 is 1.26 bits per heavy atom. The van der Waals surface area contributed by atoms with Crippen molar-refractivity contribution in [1.82, 2.24) is 13.7 Å². The third-order valence-electron chi connectivity index (χ3n) is 10.8. The molecule has 9 aromatic rings. The first-order chi connectivity index (χ1) is 24.7. The quantitative estimate of drug-likeness (QED) is 0.156. The summed E-state index contributed by atoms with van der Waals surface area (Å²) < 4.78 is 7.53. The van der Waals surface area contributed by atoms with Crippen LogP contribution in [0.2, 0.25) is 0 Å². The Morgan fingerprint density at radius 1 is 0.380 bits per heavy atom. The van der Waals surface area contributed by atoms with E-state index in [1.165, 1.54) is 82.8 Å². The average molecular weight is 648 g/mol. The van der Waals surface area contributed by atoms with E-state index in [0.29, 0.717) is 0 Å². The fraction of sp³-hybridized carbons (Fsp3) is 0.149. The molecule has 3 heteroatoms. The highest BCUT2D eigenvalue weighted by atomic mass is 15.0. The molecule has 6 aromatic carbocycles. The molecule has 0 radical (unpaired) electrons. The molecule has 0 N–H and O–H groups in total. The van der Waals surface area contributed by atoms with Crippen molar-refractivity contribution in [1.29, 1.82) is 0 Å². The topological polar surface area (TPSA) is 14.8 Å². The Morgan fingerprint density at radius 2 is 0.780 bits per heavy atom. The van der Waals surface area contributed by atoms with Crippen molar-refractivity contribution in [3.05, 3.63) is 168 Å². The molecule has 0 fully saturated rings. The molecule has 3 heterocycles. The molecular weight excluding hydrogens is 607 g/mol. The lowest BCUT2D eigenvalue weighted by Gasteiger charge is -2.24. The molecule has 0 saturated heterocycles. The third-order valence-corrected chi connectivity index (χ3v) is 10.8. The highest BCUT2D eigenvalue weighted by Gasteiger charge is 2.33. The highest BCUT2D eigenvalue weighted by Crippen LogP contribution is 2.50.